The molecular formula is C13H18O2. The zero-order valence-corrected chi connectivity index (χ0v) is 8.93. The van der Waals surface area contributed by atoms with Crippen LogP contribution in [0.3, 0.4) is 0 Å². The summed E-state index contributed by atoms with van der Waals surface area (Å²) >= 11 is 0. The van der Waals surface area contributed by atoms with Crippen LogP contribution in [0, 0.1) is 0 Å². The van der Waals surface area contributed by atoms with E-state index in [4.69, 9.17) is 9.90 Å². The number of aromatic hydroxyl groups is 1. The van der Waals surface area contributed by atoms with Crippen LogP contribution in [-0.4, -0.2) is 11.9 Å². The van der Waals surface area contributed by atoms with Crippen molar-refractivity contribution in [2.75, 3.05) is 0 Å². The van der Waals surface area contributed by atoms with Crippen molar-refractivity contribution < 1.29 is 9.90 Å². The average Bonchev–Trinajstić information content (AvgIpc) is 2.36. The van der Waals surface area contributed by atoms with E-state index < -0.39 is 0 Å². The van der Waals surface area contributed by atoms with Crippen molar-refractivity contribution in [1.29, 1.82) is 0 Å². The van der Waals surface area contributed by atoms with Gasteiger partial charge in [0.05, 0.1) is 0 Å². The van der Waals surface area contributed by atoms with Gasteiger partial charge >= 0.3 is 0 Å². The molecule has 0 saturated heterocycles. The van der Waals surface area contributed by atoms with E-state index in [1.54, 1.807) is 24.3 Å². The molecular weight excluding hydrogens is 188 g/mol. The van der Waals surface area contributed by atoms with Crippen LogP contribution in [0.15, 0.2) is 42.5 Å². The van der Waals surface area contributed by atoms with E-state index in [1.165, 1.54) is 25.7 Å². The molecule has 1 aliphatic carbocycles. The fourth-order valence-corrected chi connectivity index (χ4v) is 1.19. The Balaban J connectivity index is 0.000000227. The quantitative estimate of drug-likeness (QED) is 0.661. The number of rotatable bonds is 0. The molecule has 0 radical (unpaired) electrons. The molecule has 0 fully saturated rings. The van der Waals surface area contributed by atoms with Crippen LogP contribution >= 0.6 is 0 Å². The normalized spacial score (nSPS) is 12.8. The first-order valence-electron chi connectivity index (χ1n) is 5.07. The summed E-state index contributed by atoms with van der Waals surface area (Å²) in [7, 11) is 0. The smallest absolute Gasteiger partial charge is 0.115 e. The SMILES string of the molecule is C1=CCCCC1.C=O.Oc1ccccc1. The minimum Gasteiger partial charge on any atom is -0.508 e. The summed E-state index contributed by atoms with van der Waals surface area (Å²) in [6.07, 6.45) is 10.0. The third-order valence-corrected chi connectivity index (χ3v) is 1.91. The summed E-state index contributed by atoms with van der Waals surface area (Å²) in [6, 6.07) is 8.71. The number of allylic oxidation sites excluding steroid dienone is 2. The van der Waals surface area contributed by atoms with E-state index in [2.05, 4.69) is 12.2 Å². The summed E-state index contributed by atoms with van der Waals surface area (Å²) in [5.41, 5.74) is 0. The topological polar surface area (TPSA) is 37.3 Å². The molecule has 0 saturated carbocycles. The number of para-hydroxylation sites is 1. The molecule has 0 aromatic heterocycles. The molecule has 0 spiro atoms. The molecule has 0 heterocycles. The van der Waals surface area contributed by atoms with E-state index >= 15 is 0 Å². The second-order valence-corrected chi connectivity index (χ2v) is 3.09. The van der Waals surface area contributed by atoms with Gasteiger partial charge in [-0.05, 0) is 37.8 Å². The van der Waals surface area contributed by atoms with E-state index in [0.29, 0.717) is 5.75 Å². The highest BCUT2D eigenvalue weighted by atomic mass is 16.3. The summed E-state index contributed by atoms with van der Waals surface area (Å²) < 4.78 is 0. The first-order valence-corrected chi connectivity index (χ1v) is 5.07. The van der Waals surface area contributed by atoms with Crippen LogP contribution < -0.4 is 0 Å². The minimum atomic E-state index is 0.322. The third-order valence-electron chi connectivity index (χ3n) is 1.91. The first kappa shape index (κ1) is 13.4. The molecule has 1 aliphatic rings. The lowest BCUT2D eigenvalue weighted by Gasteiger charge is -1.97. The van der Waals surface area contributed by atoms with Gasteiger partial charge in [-0.25, -0.2) is 0 Å². The van der Waals surface area contributed by atoms with Crippen molar-refractivity contribution in [3.63, 3.8) is 0 Å². The van der Waals surface area contributed by atoms with Gasteiger partial charge < -0.3 is 9.90 Å². The molecule has 0 amide bonds. The van der Waals surface area contributed by atoms with Gasteiger partial charge in [0, 0.05) is 0 Å². The van der Waals surface area contributed by atoms with Gasteiger partial charge in [0.1, 0.15) is 12.5 Å². The van der Waals surface area contributed by atoms with Gasteiger partial charge in [0.15, 0.2) is 0 Å². The molecule has 1 aromatic carbocycles. The number of phenols is 1. The van der Waals surface area contributed by atoms with Crippen molar-refractivity contribution in [1.82, 2.24) is 0 Å². The Morgan fingerprint density at radius 3 is 1.60 bits per heavy atom. The highest BCUT2D eigenvalue weighted by Crippen LogP contribution is 2.07. The van der Waals surface area contributed by atoms with Crippen LogP contribution in [0.1, 0.15) is 25.7 Å². The Hall–Kier alpha value is -1.57. The van der Waals surface area contributed by atoms with Crippen LogP contribution in [-0.2, 0) is 4.79 Å². The van der Waals surface area contributed by atoms with Crippen molar-refractivity contribution in [3.05, 3.63) is 42.5 Å². The average molecular weight is 206 g/mol. The van der Waals surface area contributed by atoms with Gasteiger partial charge in [-0.3, -0.25) is 0 Å². The molecule has 0 unspecified atom stereocenters. The standard InChI is InChI=1S/C6H6O.C6H10.CH2O/c7-6-4-2-1-3-5-6;1-2-4-6-5-3-1;1-2/h1-5,7H;1-2H,3-6H2;1H2. The first-order chi connectivity index (χ1) is 7.39. The van der Waals surface area contributed by atoms with Crippen LogP contribution in [0.2, 0.25) is 0 Å². The van der Waals surface area contributed by atoms with Gasteiger partial charge in [0.25, 0.3) is 0 Å². The maximum Gasteiger partial charge on any atom is 0.115 e. The number of hydrogen-bond donors (Lipinski definition) is 1. The lowest BCUT2D eigenvalue weighted by atomic mass is 10.1. The van der Waals surface area contributed by atoms with Gasteiger partial charge in [-0.15, -0.1) is 0 Å². The summed E-state index contributed by atoms with van der Waals surface area (Å²) in [5, 5.41) is 8.63. The molecule has 2 heteroatoms. The van der Waals surface area contributed by atoms with Gasteiger partial charge in [0.2, 0.25) is 0 Å². The molecule has 15 heavy (non-hydrogen) atoms. The predicted molar refractivity (Wildman–Crippen MR) is 62.8 cm³/mol. The Morgan fingerprint density at radius 1 is 0.933 bits per heavy atom. The zero-order valence-electron chi connectivity index (χ0n) is 8.93. The van der Waals surface area contributed by atoms with Crippen molar-refractivity contribution in [2.45, 2.75) is 25.7 Å². The lowest BCUT2D eigenvalue weighted by Crippen LogP contribution is -1.77. The number of benzene rings is 1. The highest BCUT2D eigenvalue weighted by molar-refractivity contribution is 5.18. The van der Waals surface area contributed by atoms with E-state index in [0.717, 1.165) is 0 Å². The Bertz CT molecular complexity index is 246. The van der Waals surface area contributed by atoms with Crippen molar-refractivity contribution >= 4 is 6.79 Å². The van der Waals surface area contributed by atoms with Gasteiger partial charge in [-0.1, -0.05) is 30.4 Å². The monoisotopic (exact) mass is 206 g/mol. The fourth-order valence-electron chi connectivity index (χ4n) is 1.19. The molecule has 0 bridgehead atoms. The Labute approximate surface area is 91.3 Å². The number of carbonyl (C=O) groups is 1. The second-order valence-electron chi connectivity index (χ2n) is 3.09. The Kier molecular flexibility index (Phi) is 9.41. The van der Waals surface area contributed by atoms with Crippen LogP contribution in [0.25, 0.3) is 0 Å². The van der Waals surface area contributed by atoms with E-state index in [-0.39, 0.29) is 0 Å². The lowest BCUT2D eigenvalue weighted by molar-refractivity contribution is -0.0979. The van der Waals surface area contributed by atoms with Gasteiger partial charge in [-0.2, -0.15) is 0 Å². The van der Waals surface area contributed by atoms with Crippen molar-refractivity contribution in [2.24, 2.45) is 0 Å². The molecule has 0 aliphatic heterocycles. The number of carbonyl (C=O) groups excluding carboxylic acids is 1. The summed E-state index contributed by atoms with van der Waals surface area (Å²) in [6.45, 7) is 2.00. The predicted octanol–water partition coefficient (Wildman–Crippen LogP) is 3.32. The summed E-state index contributed by atoms with van der Waals surface area (Å²) in [5.74, 6) is 0.322. The highest BCUT2D eigenvalue weighted by Gasteiger charge is 1.87. The van der Waals surface area contributed by atoms with E-state index in [9.17, 15) is 0 Å². The minimum absolute atomic E-state index is 0.322. The molecule has 2 nitrogen and oxygen atoms in total. The molecule has 0 atom stereocenters. The molecule has 1 aromatic rings. The maximum atomic E-state index is 8.63. The second kappa shape index (κ2) is 10.5. The van der Waals surface area contributed by atoms with E-state index in [1.807, 2.05) is 12.9 Å². The van der Waals surface area contributed by atoms with Crippen LogP contribution in [0.5, 0.6) is 5.75 Å². The van der Waals surface area contributed by atoms with Crippen molar-refractivity contribution in [3.8, 4) is 5.75 Å². The number of hydrogen-bond acceptors (Lipinski definition) is 2. The Morgan fingerprint density at radius 2 is 1.40 bits per heavy atom. The summed E-state index contributed by atoms with van der Waals surface area (Å²) in [4.78, 5) is 8.00. The third kappa shape index (κ3) is 8.75. The zero-order chi connectivity index (χ0) is 11.4. The molecule has 2 rings (SSSR count). The largest absolute Gasteiger partial charge is 0.508 e. The van der Waals surface area contributed by atoms with Crippen LogP contribution in [0.4, 0.5) is 0 Å². The number of phenolic OH excluding ortho intramolecular Hbond substituents is 1. The molecule has 1 N–H and O–H groups in total. The molecule has 82 valence electrons. The maximum absolute atomic E-state index is 8.63. The fraction of sp³-hybridized carbons (Fsp3) is 0.308.